The third kappa shape index (κ3) is 2.84. The average molecular weight is 417 g/mol. The molecule has 5 aromatic rings. The Morgan fingerprint density at radius 3 is 2.47 bits per heavy atom. The summed E-state index contributed by atoms with van der Waals surface area (Å²) in [6, 6.07) is 15.3. The van der Waals surface area contributed by atoms with Gasteiger partial charge in [-0.2, -0.15) is 5.21 Å². The monoisotopic (exact) mass is 417 g/mol. The number of nitro groups is 1. The molecule has 10 nitrogen and oxygen atoms in total. The number of hydrogen-bond acceptors (Lipinski definition) is 8. The maximum absolute atomic E-state index is 13.6. The Kier molecular flexibility index (Phi) is 4.14. The first-order chi connectivity index (χ1) is 14.6. The molecule has 2 aromatic carbocycles. The highest BCUT2D eigenvalue weighted by molar-refractivity contribution is 7.15. The van der Waals surface area contributed by atoms with Gasteiger partial charge in [0.15, 0.2) is 4.96 Å². The first kappa shape index (κ1) is 17.8. The SMILES string of the molecule is O=c1c(-c2nn[nH]n2)c(-c2ccc([N+](=O)[O-])cc2)nc2scc(-c3ccccc3)n12. The van der Waals surface area contributed by atoms with Gasteiger partial charge in [0.1, 0.15) is 5.56 Å². The number of benzene rings is 2. The van der Waals surface area contributed by atoms with Crippen molar-refractivity contribution < 1.29 is 4.92 Å². The molecule has 3 heterocycles. The van der Waals surface area contributed by atoms with Gasteiger partial charge in [-0.05, 0) is 22.9 Å². The molecule has 146 valence electrons. The van der Waals surface area contributed by atoms with E-state index in [0.717, 1.165) is 5.56 Å². The molecule has 0 aliphatic carbocycles. The number of fused-ring (bicyclic) bond motifs is 1. The van der Waals surface area contributed by atoms with Crippen LogP contribution in [0.1, 0.15) is 0 Å². The third-order valence-electron chi connectivity index (χ3n) is 4.56. The van der Waals surface area contributed by atoms with Crippen LogP contribution >= 0.6 is 11.3 Å². The largest absolute Gasteiger partial charge is 0.270 e. The van der Waals surface area contributed by atoms with Gasteiger partial charge in [0, 0.05) is 23.1 Å². The normalized spacial score (nSPS) is 11.1. The van der Waals surface area contributed by atoms with E-state index in [1.54, 1.807) is 12.1 Å². The summed E-state index contributed by atoms with van der Waals surface area (Å²) in [4.78, 5) is 29.2. The smallest absolute Gasteiger partial charge is 0.268 e. The van der Waals surface area contributed by atoms with Crippen molar-refractivity contribution in [2.75, 3.05) is 0 Å². The number of thiazole rings is 1. The Labute approximate surface area is 171 Å². The lowest BCUT2D eigenvalue weighted by Crippen LogP contribution is -2.19. The van der Waals surface area contributed by atoms with E-state index in [1.807, 2.05) is 35.7 Å². The minimum Gasteiger partial charge on any atom is -0.268 e. The molecule has 1 N–H and O–H groups in total. The first-order valence-corrected chi connectivity index (χ1v) is 9.60. The highest BCUT2D eigenvalue weighted by Gasteiger charge is 2.22. The zero-order chi connectivity index (χ0) is 20.7. The van der Waals surface area contributed by atoms with Crippen LogP contribution in [0.3, 0.4) is 0 Å². The van der Waals surface area contributed by atoms with Crippen molar-refractivity contribution in [3.8, 4) is 33.9 Å². The summed E-state index contributed by atoms with van der Waals surface area (Å²) in [6.45, 7) is 0. The fourth-order valence-corrected chi connectivity index (χ4v) is 4.07. The van der Waals surface area contributed by atoms with Gasteiger partial charge in [0.2, 0.25) is 5.82 Å². The van der Waals surface area contributed by atoms with E-state index in [-0.39, 0.29) is 22.6 Å². The lowest BCUT2D eigenvalue weighted by Gasteiger charge is -2.08. The van der Waals surface area contributed by atoms with E-state index in [9.17, 15) is 14.9 Å². The van der Waals surface area contributed by atoms with Crippen LogP contribution in [0.2, 0.25) is 0 Å². The van der Waals surface area contributed by atoms with Crippen LogP contribution in [0.25, 0.3) is 38.9 Å². The Hall–Kier alpha value is -4.25. The molecule has 0 radical (unpaired) electrons. The second-order valence-electron chi connectivity index (χ2n) is 6.28. The third-order valence-corrected chi connectivity index (χ3v) is 5.39. The second-order valence-corrected chi connectivity index (χ2v) is 7.12. The average Bonchev–Trinajstić information content (AvgIpc) is 3.44. The van der Waals surface area contributed by atoms with Crippen LogP contribution in [0.4, 0.5) is 5.69 Å². The number of hydrogen-bond donors (Lipinski definition) is 1. The van der Waals surface area contributed by atoms with E-state index >= 15 is 0 Å². The predicted octanol–water partition coefficient (Wildman–Crippen LogP) is 3.18. The molecule has 0 unspecified atom stereocenters. The summed E-state index contributed by atoms with van der Waals surface area (Å²) >= 11 is 1.33. The van der Waals surface area contributed by atoms with Gasteiger partial charge in [-0.3, -0.25) is 19.3 Å². The number of non-ortho nitro benzene ring substituents is 1. The maximum atomic E-state index is 13.6. The first-order valence-electron chi connectivity index (χ1n) is 8.72. The molecule has 30 heavy (non-hydrogen) atoms. The van der Waals surface area contributed by atoms with Crippen LogP contribution in [0.5, 0.6) is 0 Å². The number of rotatable bonds is 4. The van der Waals surface area contributed by atoms with E-state index in [0.29, 0.717) is 21.9 Å². The van der Waals surface area contributed by atoms with Crippen LogP contribution in [-0.2, 0) is 0 Å². The second kappa shape index (κ2) is 6.97. The highest BCUT2D eigenvalue weighted by Crippen LogP contribution is 2.31. The van der Waals surface area contributed by atoms with Gasteiger partial charge in [-0.15, -0.1) is 21.5 Å². The Bertz CT molecular complexity index is 1430. The quantitative estimate of drug-likeness (QED) is 0.351. The summed E-state index contributed by atoms with van der Waals surface area (Å²) < 4.78 is 1.51. The number of H-pyrrole nitrogens is 1. The molecule has 0 bridgehead atoms. The Balaban J connectivity index is 1.80. The number of nitrogens with zero attached hydrogens (tertiary/aromatic N) is 6. The minimum atomic E-state index is -0.485. The molecule has 0 fully saturated rings. The van der Waals surface area contributed by atoms with E-state index in [1.165, 1.54) is 27.9 Å². The van der Waals surface area contributed by atoms with Gasteiger partial charge >= 0.3 is 0 Å². The van der Waals surface area contributed by atoms with Crippen LogP contribution < -0.4 is 5.56 Å². The van der Waals surface area contributed by atoms with Crippen molar-refractivity contribution in [2.24, 2.45) is 0 Å². The summed E-state index contributed by atoms with van der Waals surface area (Å²) in [6.07, 6.45) is 0. The van der Waals surface area contributed by atoms with Gasteiger partial charge in [0.05, 0.1) is 16.3 Å². The van der Waals surface area contributed by atoms with Crippen molar-refractivity contribution >= 4 is 22.0 Å². The topological polar surface area (TPSA) is 132 Å². The molecule has 11 heteroatoms. The van der Waals surface area contributed by atoms with Crippen LogP contribution in [0, 0.1) is 10.1 Å². The van der Waals surface area contributed by atoms with Gasteiger partial charge < -0.3 is 0 Å². The van der Waals surface area contributed by atoms with Crippen molar-refractivity contribution in [2.45, 2.75) is 0 Å². The summed E-state index contributed by atoms with van der Waals surface area (Å²) in [5.74, 6) is 0.0977. The summed E-state index contributed by atoms with van der Waals surface area (Å²) in [7, 11) is 0. The molecule has 0 aliphatic heterocycles. The van der Waals surface area contributed by atoms with Crippen molar-refractivity contribution in [3.05, 3.63) is 80.4 Å². The standard InChI is InChI=1S/C19H11N7O3S/c27-18-15(17-21-23-24-22-17)16(12-6-8-13(9-7-12)26(28)29)20-19-25(18)14(10-30-19)11-4-2-1-3-5-11/h1-10H,(H,21,22,23,24). The zero-order valence-corrected chi connectivity index (χ0v) is 15.9. The fourth-order valence-electron chi connectivity index (χ4n) is 3.18. The number of aromatic amines is 1. The zero-order valence-electron chi connectivity index (χ0n) is 15.1. The van der Waals surface area contributed by atoms with Crippen LogP contribution in [0.15, 0.2) is 64.8 Å². The van der Waals surface area contributed by atoms with Crippen LogP contribution in [-0.4, -0.2) is 34.9 Å². The maximum Gasteiger partial charge on any atom is 0.270 e. The molecule has 0 spiro atoms. The molecule has 0 amide bonds. The number of nitro benzene ring substituents is 1. The highest BCUT2D eigenvalue weighted by atomic mass is 32.1. The molecule has 0 saturated carbocycles. The Morgan fingerprint density at radius 2 is 1.80 bits per heavy atom. The molecule has 5 rings (SSSR count). The molecule has 3 aromatic heterocycles. The minimum absolute atomic E-state index is 0.0554. The van der Waals surface area contributed by atoms with Gasteiger partial charge in [-0.25, -0.2) is 4.98 Å². The van der Waals surface area contributed by atoms with Crippen molar-refractivity contribution in [3.63, 3.8) is 0 Å². The fraction of sp³-hybridized carbons (Fsp3) is 0. The molecule has 0 atom stereocenters. The van der Waals surface area contributed by atoms with Crippen molar-refractivity contribution in [1.29, 1.82) is 0 Å². The number of tetrazole rings is 1. The number of nitrogens with one attached hydrogen (secondary N) is 1. The van der Waals surface area contributed by atoms with E-state index in [4.69, 9.17) is 0 Å². The molecule has 0 aliphatic rings. The van der Waals surface area contributed by atoms with E-state index < -0.39 is 4.92 Å². The Morgan fingerprint density at radius 1 is 1.03 bits per heavy atom. The molecular formula is C19H11N7O3S. The predicted molar refractivity (Wildman–Crippen MR) is 110 cm³/mol. The molecular weight excluding hydrogens is 406 g/mol. The summed E-state index contributed by atoms with van der Waals surface area (Å²) in [5, 5.41) is 26.7. The van der Waals surface area contributed by atoms with Gasteiger partial charge in [-0.1, -0.05) is 30.3 Å². The lowest BCUT2D eigenvalue weighted by atomic mass is 10.1. The van der Waals surface area contributed by atoms with E-state index in [2.05, 4.69) is 25.6 Å². The summed E-state index contributed by atoms with van der Waals surface area (Å²) in [5.41, 5.74) is 2.19. The van der Waals surface area contributed by atoms with Crippen molar-refractivity contribution in [1.82, 2.24) is 30.0 Å². The molecule has 0 saturated heterocycles. The van der Waals surface area contributed by atoms with Gasteiger partial charge in [0.25, 0.3) is 11.2 Å². The number of aromatic nitrogens is 6. The lowest BCUT2D eigenvalue weighted by molar-refractivity contribution is -0.384.